The van der Waals surface area contributed by atoms with E-state index in [1.807, 2.05) is 6.92 Å². The Kier molecular flexibility index (Phi) is 6.36. The summed E-state index contributed by atoms with van der Waals surface area (Å²) in [5.41, 5.74) is 1.24. The van der Waals surface area contributed by atoms with Crippen molar-refractivity contribution < 1.29 is 9.26 Å². The monoisotopic (exact) mass is 434 g/mol. The van der Waals surface area contributed by atoms with E-state index < -0.39 is 0 Å². The molecule has 1 aliphatic carbocycles. The molecule has 0 amide bonds. The van der Waals surface area contributed by atoms with E-state index in [1.54, 1.807) is 23.0 Å². The molecule has 0 N–H and O–H groups in total. The van der Waals surface area contributed by atoms with E-state index in [1.165, 1.54) is 22.2 Å². The fourth-order valence-corrected chi connectivity index (χ4v) is 5.87. The third-order valence-corrected chi connectivity index (χ3v) is 7.44. The lowest BCUT2D eigenvalue weighted by molar-refractivity contribution is 0.183. The van der Waals surface area contributed by atoms with Crippen LogP contribution in [0.1, 0.15) is 60.5 Å². The van der Waals surface area contributed by atoms with Gasteiger partial charge in [0.2, 0.25) is 5.89 Å². The summed E-state index contributed by atoms with van der Waals surface area (Å²) in [6.07, 6.45) is 6.10. The molecule has 156 valence electrons. The van der Waals surface area contributed by atoms with Crippen LogP contribution in [0.3, 0.4) is 0 Å². The fraction of sp³-hybridized carbons (Fsp3) is 0.600. The highest BCUT2D eigenvalue weighted by molar-refractivity contribution is 7.99. The smallest absolute Gasteiger partial charge is 0.263 e. The van der Waals surface area contributed by atoms with Gasteiger partial charge in [-0.3, -0.25) is 9.36 Å². The molecule has 0 fully saturated rings. The highest BCUT2D eigenvalue weighted by Crippen LogP contribution is 2.38. The lowest BCUT2D eigenvalue weighted by Crippen LogP contribution is -2.25. The maximum atomic E-state index is 13.3. The number of nitrogens with zero attached hydrogens (tertiary/aromatic N) is 4. The molecule has 3 aromatic heterocycles. The van der Waals surface area contributed by atoms with E-state index in [9.17, 15) is 4.79 Å². The zero-order chi connectivity index (χ0) is 20.4. The van der Waals surface area contributed by atoms with Crippen LogP contribution in [0.25, 0.3) is 10.2 Å². The number of aromatic nitrogens is 4. The lowest BCUT2D eigenvalue weighted by Gasteiger charge is -2.13. The summed E-state index contributed by atoms with van der Waals surface area (Å²) in [7, 11) is 1.64. The summed E-state index contributed by atoms with van der Waals surface area (Å²) in [5.74, 6) is 1.31. The molecule has 0 unspecified atom stereocenters. The molecule has 0 spiro atoms. The predicted octanol–water partition coefficient (Wildman–Crippen LogP) is 4.17. The van der Waals surface area contributed by atoms with Gasteiger partial charge in [-0.25, -0.2) is 4.98 Å². The minimum absolute atomic E-state index is 0.0373. The van der Waals surface area contributed by atoms with Gasteiger partial charge in [0.05, 0.1) is 23.8 Å². The van der Waals surface area contributed by atoms with E-state index in [4.69, 9.17) is 14.2 Å². The second kappa shape index (κ2) is 8.97. The van der Waals surface area contributed by atoms with Gasteiger partial charge in [-0.05, 0) is 38.2 Å². The second-order valence-electron chi connectivity index (χ2n) is 7.29. The maximum Gasteiger partial charge on any atom is 0.263 e. The van der Waals surface area contributed by atoms with Crippen LogP contribution in [0, 0.1) is 0 Å². The minimum Gasteiger partial charge on any atom is -0.383 e. The van der Waals surface area contributed by atoms with Crippen molar-refractivity contribution in [3.8, 4) is 0 Å². The van der Waals surface area contributed by atoms with Crippen LogP contribution in [0.15, 0.2) is 14.5 Å². The first-order valence-corrected chi connectivity index (χ1v) is 11.8. The first-order valence-electron chi connectivity index (χ1n) is 10.2. The van der Waals surface area contributed by atoms with Gasteiger partial charge in [0.25, 0.3) is 5.56 Å². The topological polar surface area (TPSA) is 83.0 Å². The summed E-state index contributed by atoms with van der Waals surface area (Å²) in [5, 5.41) is 5.47. The van der Waals surface area contributed by atoms with Crippen molar-refractivity contribution in [2.24, 2.45) is 0 Å². The Morgan fingerprint density at radius 2 is 2.21 bits per heavy atom. The molecule has 1 atom stereocenters. The third kappa shape index (κ3) is 4.13. The molecule has 0 aromatic carbocycles. The van der Waals surface area contributed by atoms with E-state index >= 15 is 0 Å². The van der Waals surface area contributed by atoms with Crippen molar-refractivity contribution in [1.82, 2.24) is 19.7 Å². The second-order valence-corrected chi connectivity index (χ2v) is 9.69. The quantitative estimate of drug-likeness (QED) is 0.369. The van der Waals surface area contributed by atoms with Crippen LogP contribution in [0.4, 0.5) is 0 Å². The van der Waals surface area contributed by atoms with Crippen molar-refractivity contribution in [2.75, 3.05) is 13.7 Å². The molecule has 0 saturated carbocycles. The largest absolute Gasteiger partial charge is 0.383 e. The number of rotatable bonds is 9. The molecule has 4 rings (SSSR count). The number of unbranched alkanes of at least 4 members (excludes halogenated alkanes) is 1. The van der Waals surface area contributed by atoms with Crippen LogP contribution in [-0.2, 0) is 30.5 Å². The van der Waals surface area contributed by atoms with Gasteiger partial charge in [0.15, 0.2) is 11.0 Å². The van der Waals surface area contributed by atoms with Gasteiger partial charge in [0.1, 0.15) is 4.83 Å². The Balaban J connectivity index is 1.66. The number of aryl methyl sites for hydroxylation is 3. The van der Waals surface area contributed by atoms with E-state index in [0.29, 0.717) is 24.2 Å². The van der Waals surface area contributed by atoms with Crippen LogP contribution in [0.2, 0.25) is 0 Å². The molecule has 0 aliphatic heterocycles. The molecule has 9 heteroatoms. The average molecular weight is 435 g/mol. The number of thioether (sulfide) groups is 1. The number of fused-ring (bicyclic) bond motifs is 3. The summed E-state index contributed by atoms with van der Waals surface area (Å²) >= 11 is 3.15. The van der Waals surface area contributed by atoms with Crippen LogP contribution in [-0.4, -0.2) is 33.4 Å². The first-order chi connectivity index (χ1) is 14.1. The molecule has 3 heterocycles. The Hall–Kier alpha value is -1.71. The molecular formula is C20H26N4O3S2. The third-order valence-electron chi connectivity index (χ3n) is 5.18. The van der Waals surface area contributed by atoms with Gasteiger partial charge in [-0.15, -0.1) is 11.3 Å². The number of hydrogen-bond donors (Lipinski definition) is 0. The fourth-order valence-electron chi connectivity index (χ4n) is 3.61. The highest BCUT2D eigenvalue weighted by atomic mass is 32.2. The van der Waals surface area contributed by atoms with Crippen LogP contribution < -0.4 is 5.56 Å². The first kappa shape index (κ1) is 20.6. The van der Waals surface area contributed by atoms with Crippen molar-refractivity contribution in [3.63, 3.8) is 0 Å². The van der Waals surface area contributed by atoms with Gasteiger partial charge in [-0.2, -0.15) is 4.98 Å². The van der Waals surface area contributed by atoms with Gasteiger partial charge in [-0.1, -0.05) is 30.3 Å². The zero-order valence-electron chi connectivity index (χ0n) is 17.1. The standard InChI is InChI=1S/C20H26N4O3S2/c1-4-5-9-15-21-17(27-23-15)12(2)28-20-22-18-16(13-7-6-8-14(13)29-18)19(25)24(20)10-11-26-3/h12H,4-11H2,1-3H3/t12-/m1/s1. The van der Waals surface area contributed by atoms with Crippen LogP contribution in [0.5, 0.6) is 0 Å². The molecule has 29 heavy (non-hydrogen) atoms. The Bertz CT molecular complexity index is 1060. The van der Waals surface area contributed by atoms with Crippen molar-refractivity contribution >= 4 is 33.3 Å². The average Bonchev–Trinajstić information content (AvgIpc) is 3.41. The molecule has 0 bridgehead atoms. The number of thiophene rings is 1. The highest BCUT2D eigenvalue weighted by Gasteiger charge is 2.25. The van der Waals surface area contributed by atoms with E-state index in [0.717, 1.165) is 54.6 Å². The molecule has 0 saturated heterocycles. The summed E-state index contributed by atoms with van der Waals surface area (Å²) < 4.78 is 12.4. The molecule has 1 aliphatic rings. The number of ether oxygens (including phenoxy) is 1. The number of methoxy groups -OCH3 is 1. The van der Waals surface area contributed by atoms with Gasteiger partial charge in [0, 0.05) is 18.4 Å². The lowest BCUT2D eigenvalue weighted by atomic mass is 10.2. The van der Waals surface area contributed by atoms with Crippen molar-refractivity contribution in [3.05, 3.63) is 32.5 Å². The Morgan fingerprint density at radius 1 is 1.34 bits per heavy atom. The molecule has 0 radical (unpaired) electrons. The van der Waals surface area contributed by atoms with Gasteiger partial charge < -0.3 is 9.26 Å². The minimum atomic E-state index is -0.0946. The van der Waals surface area contributed by atoms with Gasteiger partial charge >= 0.3 is 0 Å². The Morgan fingerprint density at radius 3 is 3.00 bits per heavy atom. The summed E-state index contributed by atoms with van der Waals surface area (Å²) in [4.78, 5) is 24.9. The SMILES string of the molecule is CCCCc1noc([C@@H](C)Sc2nc3sc4c(c3c(=O)n2CCOC)CCC4)n1. The summed E-state index contributed by atoms with van der Waals surface area (Å²) in [6, 6.07) is 0. The Labute approximate surface area is 177 Å². The van der Waals surface area contributed by atoms with E-state index in [2.05, 4.69) is 17.1 Å². The van der Waals surface area contributed by atoms with Crippen molar-refractivity contribution in [1.29, 1.82) is 0 Å². The molecule has 3 aromatic rings. The number of hydrogen-bond acceptors (Lipinski definition) is 8. The molecule has 7 nitrogen and oxygen atoms in total. The maximum absolute atomic E-state index is 13.3. The normalized spacial score (nSPS) is 14.6. The molecular weight excluding hydrogens is 408 g/mol. The predicted molar refractivity (Wildman–Crippen MR) is 115 cm³/mol. The summed E-state index contributed by atoms with van der Waals surface area (Å²) in [6.45, 7) is 5.08. The van der Waals surface area contributed by atoms with E-state index in [-0.39, 0.29) is 10.8 Å². The van der Waals surface area contributed by atoms with Crippen LogP contribution >= 0.6 is 23.1 Å². The van der Waals surface area contributed by atoms with Crippen molar-refractivity contribution in [2.45, 2.75) is 69.3 Å². The zero-order valence-corrected chi connectivity index (χ0v) is 18.7.